The number of benzene rings is 1. The van der Waals surface area contributed by atoms with Gasteiger partial charge in [-0.25, -0.2) is 0 Å². The second-order valence-electron chi connectivity index (χ2n) is 4.87. The van der Waals surface area contributed by atoms with Crippen LogP contribution in [0.2, 0.25) is 0 Å². The molecule has 1 aromatic carbocycles. The number of nitrogens with zero attached hydrogens (tertiary/aromatic N) is 1. The van der Waals surface area contributed by atoms with Crippen molar-refractivity contribution in [3.8, 4) is 0 Å². The summed E-state index contributed by atoms with van der Waals surface area (Å²) in [7, 11) is 0. The van der Waals surface area contributed by atoms with Gasteiger partial charge in [-0.3, -0.25) is 0 Å². The van der Waals surface area contributed by atoms with Gasteiger partial charge in [0.1, 0.15) is 0 Å². The van der Waals surface area contributed by atoms with E-state index in [-0.39, 0.29) is 0 Å². The van der Waals surface area contributed by atoms with E-state index in [9.17, 15) is 0 Å². The third kappa shape index (κ3) is 1.83. The molecule has 1 aliphatic rings. The summed E-state index contributed by atoms with van der Waals surface area (Å²) in [6, 6.07) is 6.34. The molecule has 1 aliphatic carbocycles. The smallest absolute Gasteiger partial charge is 0.178 e. The molecule has 1 heterocycles. The van der Waals surface area contributed by atoms with Crippen molar-refractivity contribution in [1.82, 2.24) is 9.55 Å². The number of aryl methyl sites for hydroxylation is 1. The van der Waals surface area contributed by atoms with Crippen LogP contribution in [0.5, 0.6) is 0 Å². The molecular formula is C13H16N2S2. The van der Waals surface area contributed by atoms with E-state index in [1.165, 1.54) is 23.9 Å². The molecule has 0 saturated heterocycles. The highest BCUT2D eigenvalue weighted by Gasteiger charge is 2.42. The van der Waals surface area contributed by atoms with E-state index in [1.807, 2.05) is 11.8 Å². The number of thioether (sulfide) groups is 1. The summed E-state index contributed by atoms with van der Waals surface area (Å²) in [5.41, 5.74) is 3.73. The minimum absolute atomic E-state index is 0.440. The van der Waals surface area contributed by atoms with Crippen LogP contribution in [0.15, 0.2) is 18.2 Å². The lowest BCUT2D eigenvalue weighted by atomic mass is 10.2. The first-order valence-electron chi connectivity index (χ1n) is 5.88. The molecule has 0 spiro atoms. The molecule has 0 amide bonds. The van der Waals surface area contributed by atoms with Gasteiger partial charge in [-0.15, -0.1) is 0 Å². The molecule has 1 N–H and O–H groups in total. The highest BCUT2D eigenvalue weighted by Crippen LogP contribution is 2.48. The Morgan fingerprint density at radius 1 is 1.47 bits per heavy atom. The number of H-pyrrole nitrogens is 1. The second kappa shape index (κ2) is 3.89. The Balaban J connectivity index is 2.15. The molecule has 0 unspecified atom stereocenters. The predicted octanol–water partition coefficient (Wildman–Crippen LogP) is 3.90. The molecule has 0 atom stereocenters. The molecule has 0 bridgehead atoms. The number of hydrogen-bond donors (Lipinski definition) is 1. The van der Waals surface area contributed by atoms with Crippen LogP contribution in [-0.4, -0.2) is 20.6 Å². The summed E-state index contributed by atoms with van der Waals surface area (Å²) in [6.45, 7) is 3.19. The van der Waals surface area contributed by atoms with Crippen molar-refractivity contribution in [2.45, 2.75) is 31.1 Å². The molecule has 4 heteroatoms. The topological polar surface area (TPSA) is 20.7 Å². The molecule has 0 radical (unpaired) electrons. The fraction of sp³-hybridized carbons (Fsp3) is 0.462. The van der Waals surface area contributed by atoms with E-state index in [1.54, 1.807) is 0 Å². The quantitative estimate of drug-likeness (QED) is 0.849. The fourth-order valence-corrected chi connectivity index (χ4v) is 3.44. The van der Waals surface area contributed by atoms with Gasteiger partial charge in [-0.2, -0.15) is 11.8 Å². The maximum atomic E-state index is 5.45. The van der Waals surface area contributed by atoms with Crippen molar-refractivity contribution in [2.24, 2.45) is 0 Å². The lowest BCUT2D eigenvalue weighted by molar-refractivity contribution is 0.669. The largest absolute Gasteiger partial charge is 0.331 e. The number of aromatic amines is 1. The molecule has 17 heavy (non-hydrogen) atoms. The molecule has 1 saturated carbocycles. The summed E-state index contributed by atoms with van der Waals surface area (Å²) in [5.74, 6) is 0. The highest BCUT2D eigenvalue weighted by molar-refractivity contribution is 8.00. The van der Waals surface area contributed by atoms with Crippen molar-refractivity contribution < 1.29 is 0 Å². The Bertz CT molecular complexity index is 620. The van der Waals surface area contributed by atoms with E-state index in [4.69, 9.17) is 12.2 Å². The SMILES string of the molecule is CSC1(Cn2c(=S)[nH]c3cccc(C)c32)CC1. The summed E-state index contributed by atoms with van der Waals surface area (Å²) in [6.07, 6.45) is 4.83. The van der Waals surface area contributed by atoms with E-state index < -0.39 is 0 Å². The van der Waals surface area contributed by atoms with Gasteiger partial charge in [0.25, 0.3) is 0 Å². The molecule has 2 aromatic rings. The minimum Gasteiger partial charge on any atom is -0.331 e. The highest BCUT2D eigenvalue weighted by atomic mass is 32.2. The van der Waals surface area contributed by atoms with Crippen molar-refractivity contribution in [2.75, 3.05) is 6.26 Å². The van der Waals surface area contributed by atoms with Crippen LogP contribution in [0, 0.1) is 11.7 Å². The van der Waals surface area contributed by atoms with E-state index in [2.05, 4.69) is 40.9 Å². The molecule has 90 valence electrons. The average Bonchev–Trinajstić information content (AvgIpc) is 3.00. The van der Waals surface area contributed by atoms with Crippen LogP contribution in [0.3, 0.4) is 0 Å². The zero-order chi connectivity index (χ0) is 12.0. The molecular weight excluding hydrogens is 248 g/mol. The van der Waals surface area contributed by atoms with Gasteiger partial charge in [0.15, 0.2) is 4.77 Å². The number of imidazole rings is 1. The lowest BCUT2D eigenvalue weighted by Crippen LogP contribution is -2.13. The third-order valence-corrected chi connectivity index (χ3v) is 5.41. The summed E-state index contributed by atoms with van der Waals surface area (Å²) >= 11 is 7.43. The Labute approximate surface area is 110 Å². The third-order valence-electron chi connectivity index (χ3n) is 3.68. The number of hydrogen-bond acceptors (Lipinski definition) is 2. The zero-order valence-corrected chi connectivity index (χ0v) is 11.8. The first kappa shape index (κ1) is 11.4. The normalized spacial score (nSPS) is 17.5. The molecule has 3 rings (SSSR count). The Kier molecular flexibility index (Phi) is 2.60. The van der Waals surface area contributed by atoms with Crippen LogP contribution in [0.1, 0.15) is 18.4 Å². The Hall–Kier alpha value is -0.740. The number of nitrogens with one attached hydrogen (secondary N) is 1. The fourth-order valence-electron chi connectivity index (χ4n) is 2.41. The zero-order valence-electron chi connectivity index (χ0n) is 10.1. The van der Waals surface area contributed by atoms with Gasteiger partial charge < -0.3 is 9.55 Å². The lowest BCUT2D eigenvalue weighted by Gasteiger charge is -2.14. The Morgan fingerprint density at radius 2 is 2.24 bits per heavy atom. The minimum atomic E-state index is 0.440. The molecule has 0 aliphatic heterocycles. The number of rotatable bonds is 3. The Morgan fingerprint density at radius 3 is 2.88 bits per heavy atom. The van der Waals surface area contributed by atoms with E-state index >= 15 is 0 Å². The average molecular weight is 264 g/mol. The maximum absolute atomic E-state index is 5.45. The monoisotopic (exact) mass is 264 g/mol. The number of fused-ring (bicyclic) bond motifs is 1. The van der Waals surface area contributed by atoms with Crippen LogP contribution >= 0.6 is 24.0 Å². The van der Waals surface area contributed by atoms with Crippen LogP contribution < -0.4 is 0 Å². The van der Waals surface area contributed by atoms with Crippen LogP contribution in [0.25, 0.3) is 11.0 Å². The molecule has 1 aromatic heterocycles. The van der Waals surface area contributed by atoms with Crippen molar-refractivity contribution in [3.63, 3.8) is 0 Å². The van der Waals surface area contributed by atoms with Gasteiger partial charge in [-0.1, -0.05) is 12.1 Å². The standard InChI is InChI=1S/C13H16N2S2/c1-9-4-3-5-10-11(9)15(12(16)14-10)8-13(17-2)6-7-13/h3-5H,6-8H2,1-2H3,(H,14,16). The number of para-hydroxylation sites is 1. The van der Waals surface area contributed by atoms with Crippen LogP contribution in [-0.2, 0) is 6.54 Å². The van der Waals surface area contributed by atoms with Gasteiger partial charge in [0.05, 0.1) is 11.0 Å². The van der Waals surface area contributed by atoms with Gasteiger partial charge in [-0.05, 0) is 49.9 Å². The van der Waals surface area contributed by atoms with Gasteiger partial charge >= 0.3 is 0 Å². The first-order chi connectivity index (χ1) is 8.15. The van der Waals surface area contributed by atoms with Crippen molar-refractivity contribution in [3.05, 3.63) is 28.5 Å². The van der Waals surface area contributed by atoms with Gasteiger partial charge in [0, 0.05) is 11.3 Å². The number of aromatic nitrogens is 2. The van der Waals surface area contributed by atoms with Crippen molar-refractivity contribution >= 4 is 35.0 Å². The van der Waals surface area contributed by atoms with Gasteiger partial charge in [0.2, 0.25) is 0 Å². The summed E-state index contributed by atoms with van der Waals surface area (Å²) < 4.78 is 3.58. The molecule has 1 fully saturated rings. The summed E-state index contributed by atoms with van der Waals surface area (Å²) in [5, 5.41) is 0. The first-order valence-corrected chi connectivity index (χ1v) is 7.52. The molecule has 2 nitrogen and oxygen atoms in total. The van der Waals surface area contributed by atoms with Crippen molar-refractivity contribution in [1.29, 1.82) is 0 Å². The summed E-state index contributed by atoms with van der Waals surface area (Å²) in [4.78, 5) is 3.31. The maximum Gasteiger partial charge on any atom is 0.178 e. The second-order valence-corrected chi connectivity index (χ2v) is 6.54. The van der Waals surface area contributed by atoms with E-state index in [0.29, 0.717) is 4.75 Å². The van der Waals surface area contributed by atoms with E-state index in [0.717, 1.165) is 16.8 Å². The van der Waals surface area contributed by atoms with Crippen LogP contribution in [0.4, 0.5) is 0 Å². The predicted molar refractivity (Wildman–Crippen MR) is 77.3 cm³/mol.